The van der Waals surface area contributed by atoms with Gasteiger partial charge in [0.25, 0.3) is 0 Å². The summed E-state index contributed by atoms with van der Waals surface area (Å²) in [5.41, 5.74) is 3.42. The summed E-state index contributed by atoms with van der Waals surface area (Å²) in [6, 6.07) is 8.77. The van der Waals surface area contributed by atoms with Gasteiger partial charge in [-0.25, -0.2) is 0 Å². The van der Waals surface area contributed by atoms with Crippen LogP contribution in [0, 0.1) is 5.41 Å². The van der Waals surface area contributed by atoms with E-state index in [0.29, 0.717) is 11.3 Å². The average molecular weight is 285 g/mol. The van der Waals surface area contributed by atoms with Gasteiger partial charge in [0.2, 0.25) is 0 Å². The Hall–Kier alpha value is -1.51. The van der Waals surface area contributed by atoms with Crippen LogP contribution in [0.15, 0.2) is 29.3 Å². The highest BCUT2D eigenvalue weighted by molar-refractivity contribution is 5.80. The molecule has 0 aromatic heterocycles. The van der Waals surface area contributed by atoms with Crippen LogP contribution in [-0.2, 0) is 6.42 Å². The predicted octanol–water partition coefficient (Wildman–Crippen LogP) is 3.02. The standard InChI is InChI=1S/C18H27N3/c1-4-19-17(21-10-9-18(2,3)13-21)20-12-15-11-14-7-5-6-8-16(14)15/h5-8,15H,4,9-13H2,1-3H3,(H,19,20). The second-order valence-corrected chi connectivity index (χ2v) is 7.13. The monoisotopic (exact) mass is 285 g/mol. The first-order valence-corrected chi connectivity index (χ1v) is 8.20. The Balaban J connectivity index is 1.65. The minimum atomic E-state index is 0.416. The highest BCUT2D eigenvalue weighted by Gasteiger charge is 2.31. The van der Waals surface area contributed by atoms with Crippen LogP contribution in [0.5, 0.6) is 0 Å². The third-order valence-corrected chi connectivity index (χ3v) is 4.73. The first kappa shape index (κ1) is 14.4. The van der Waals surface area contributed by atoms with Crippen molar-refractivity contribution < 1.29 is 0 Å². The molecule has 1 aliphatic heterocycles. The summed E-state index contributed by atoms with van der Waals surface area (Å²) in [5, 5.41) is 3.47. The van der Waals surface area contributed by atoms with E-state index in [1.165, 1.54) is 24.0 Å². The molecule has 0 radical (unpaired) electrons. The molecular weight excluding hydrogens is 258 g/mol. The Labute approximate surface area is 128 Å². The topological polar surface area (TPSA) is 27.6 Å². The van der Waals surface area contributed by atoms with Crippen LogP contribution in [0.25, 0.3) is 0 Å². The number of hydrogen-bond acceptors (Lipinski definition) is 1. The van der Waals surface area contributed by atoms with Crippen LogP contribution < -0.4 is 5.32 Å². The Morgan fingerprint density at radius 2 is 2.19 bits per heavy atom. The van der Waals surface area contributed by atoms with Gasteiger partial charge < -0.3 is 10.2 Å². The zero-order chi connectivity index (χ0) is 14.9. The van der Waals surface area contributed by atoms with Gasteiger partial charge in [0.15, 0.2) is 5.96 Å². The molecule has 1 aromatic carbocycles. The molecule has 1 aliphatic carbocycles. The van der Waals surface area contributed by atoms with Crippen LogP contribution >= 0.6 is 0 Å². The van der Waals surface area contributed by atoms with Gasteiger partial charge in [-0.15, -0.1) is 0 Å². The Kier molecular flexibility index (Phi) is 3.92. The van der Waals surface area contributed by atoms with E-state index in [2.05, 4.69) is 55.3 Å². The van der Waals surface area contributed by atoms with Gasteiger partial charge in [0, 0.05) is 32.1 Å². The maximum absolute atomic E-state index is 4.91. The van der Waals surface area contributed by atoms with E-state index < -0.39 is 0 Å². The number of aliphatic imine (C=N–C) groups is 1. The van der Waals surface area contributed by atoms with E-state index in [0.717, 1.165) is 32.1 Å². The highest BCUT2D eigenvalue weighted by Crippen LogP contribution is 2.35. The first-order chi connectivity index (χ1) is 10.1. The summed E-state index contributed by atoms with van der Waals surface area (Å²) in [7, 11) is 0. The minimum absolute atomic E-state index is 0.416. The SMILES string of the molecule is CCNC(=NCC1Cc2ccccc21)N1CCC(C)(C)C1. The number of rotatable bonds is 3. The van der Waals surface area contributed by atoms with E-state index in [1.54, 1.807) is 0 Å². The lowest BCUT2D eigenvalue weighted by Crippen LogP contribution is -2.41. The smallest absolute Gasteiger partial charge is 0.193 e. The maximum atomic E-state index is 4.91. The fourth-order valence-corrected chi connectivity index (χ4v) is 3.44. The van der Waals surface area contributed by atoms with Crippen LogP contribution in [0.2, 0.25) is 0 Å². The molecule has 3 nitrogen and oxygen atoms in total. The lowest BCUT2D eigenvalue weighted by molar-refractivity contribution is 0.369. The van der Waals surface area contributed by atoms with Crippen LogP contribution in [0.4, 0.5) is 0 Å². The van der Waals surface area contributed by atoms with Gasteiger partial charge in [-0.1, -0.05) is 38.1 Å². The summed E-state index contributed by atoms with van der Waals surface area (Å²) >= 11 is 0. The molecule has 0 spiro atoms. The van der Waals surface area contributed by atoms with Gasteiger partial charge in [0.1, 0.15) is 0 Å². The van der Waals surface area contributed by atoms with Crippen molar-refractivity contribution in [1.29, 1.82) is 0 Å². The molecule has 0 saturated carbocycles. The lowest BCUT2D eigenvalue weighted by Gasteiger charge is -2.30. The number of likely N-dealkylation sites (tertiary alicyclic amines) is 1. The Morgan fingerprint density at radius 1 is 1.38 bits per heavy atom. The summed E-state index contributed by atoms with van der Waals surface area (Å²) in [4.78, 5) is 7.34. The van der Waals surface area contributed by atoms with Crippen molar-refractivity contribution in [3.05, 3.63) is 35.4 Å². The van der Waals surface area contributed by atoms with Crippen LogP contribution in [-0.4, -0.2) is 37.0 Å². The molecule has 21 heavy (non-hydrogen) atoms. The molecule has 3 heteroatoms. The Bertz CT molecular complexity index is 533. The number of nitrogens with zero attached hydrogens (tertiary/aromatic N) is 2. The number of guanidine groups is 1. The van der Waals surface area contributed by atoms with E-state index >= 15 is 0 Å². The van der Waals surface area contributed by atoms with Crippen molar-refractivity contribution in [1.82, 2.24) is 10.2 Å². The number of nitrogens with one attached hydrogen (secondary N) is 1. The minimum Gasteiger partial charge on any atom is -0.357 e. The summed E-state index contributed by atoms with van der Waals surface area (Å²) in [6.07, 6.45) is 2.44. The molecule has 1 unspecified atom stereocenters. The fraction of sp³-hybridized carbons (Fsp3) is 0.611. The third kappa shape index (κ3) is 3.07. The molecule has 1 fully saturated rings. The molecule has 1 aromatic rings. The second-order valence-electron chi connectivity index (χ2n) is 7.13. The zero-order valence-corrected chi connectivity index (χ0v) is 13.5. The van der Waals surface area contributed by atoms with Crippen molar-refractivity contribution in [2.24, 2.45) is 10.4 Å². The summed E-state index contributed by atoms with van der Waals surface area (Å²) < 4.78 is 0. The average Bonchev–Trinajstić information content (AvgIpc) is 2.79. The quantitative estimate of drug-likeness (QED) is 0.683. The van der Waals surface area contributed by atoms with Crippen molar-refractivity contribution in [3.63, 3.8) is 0 Å². The number of hydrogen-bond donors (Lipinski definition) is 1. The molecule has 0 bridgehead atoms. The van der Waals surface area contributed by atoms with Gasteiger partial charge in [0.05, 0.1) is 0 Å². The predicted molar refractivity (Wildman–Crippen MR) is 88.8 cm³/mol. The third-order valence-electron chi connectivity index (χ3n) is 4.73. The fourth-order valence-electron chi connectivity index (χ4n) is 3.44. The molecule has 114 valence electrons. The van der Waals surface area contributed by atoms with Gasteiger partial charge >= 0.3 is 0 Å². The Morgan fingerprint density at radius 3 is 2.86 bits per heavy atom. The van der Waals surface area contributed by atoms with Crippen molar-refractivity contribution >= 4 is 5.96 Å². The van der Waals surface area contributed by atoms with Crippen molar-refractivity contribution in [2.75, 3.05) is 26.2 Å². The molecule has 2 aliphatic rings. The number of benzene rings is 1. The van der Waals surface area contributed by atoms with E-state index in [1.807, 2.05) is 0 Å². The van der Waals surface area contributed by atoms with Crippen molar-refractivity contribution in [3.8, 4) is 0 Å². The molecule has 1 atom stereocenters. The molecule has 1 heterocycles. The normalized spacial score (nSPS) is 23.7. The molecule has 1 N–H and O–H groups in total. The second kappa shape index (κ2) is 5.70. The van der Waals surface area contributed by atoms with Crippen molar-refractivity contribution in [2.45, 2.75) is 39.5 Å². The molecule has 1 saturated heterocycles. The lowest BCUT2D eigenvalue weighted by atomic mass is 9.78. The van der Waals surface area contributed by atoms with E-state index in [9.17, 15) is 0 Å². The van der Waals surface area contributed by atoms with Gasteiger partial charge in [-0.3, -0.25) is 4.99 Å². The highest BCUT2D eigenvalue weighted by atomic mass is 15.3. The van der Waals surface area contributed by atoms with E-state index in [4.69, 9.17) is 4.99 Å². The molecule has 3 rings (SSSR count). The molecule has 0 amide bonds. The zero-order valence-electron chi connectivity index (χ0n) is 13.5. The van der Waals surface area contributed by atoms with Crippen LogP contribution in [0.3, 0.4) is 0 Å². The number of fused-ring (bicyclic) bond motifs is 1. The van der Waals surface area contributed by atoms with Crippen LogP contribution in [0.1, 0.15) is 44.2 Å². The summed E-state index contributed by atoms with van der Waals surface area (Å²) in [6.45, 7) is 10.9. The largest absolute Gasteiger partial charge is 0.357 e. The maximum Gasteiger partial charge on any atom is 0.193 e. The summed E-state index contributed by atoms with van der Waals surface area (Å²) in [5.74, 6) is 1.72. The van der Waals surface area contributed by atoms with E-state index in [-0.39, 0.29) is 0 Å². The first-order valence-electron chi connectivity index (χ1n) is 8.20. The molecular formula is C18H27N3. The van der Waals surface area contributed by atoms with Gasteiger partial charge in [-0.2, -0.15) is 0 Å². The van der Waals surface area contributed by atoms with Gasteiger partial charge in [-0.05, 0) is 36.3 Å².